The van der Waals surface area contributed by atoms with Crippen LogP contribution in [-0.4, -0.2) is 13.5 Å². The van der Waals surface area contributed by atoms with E-state index >= 15 is 0 Å². The van der Waals surface area contributed by atoms with Crippen molar-refractivity contribution in [3.05, 3.63) is 47.1 Å². The Bertz CT molecular complexity index is 362. The fraction of sp³-hybridized carbons (Fsp3) is 0. The first-order valence-electron chi connectivity index (χ1n) is 4.17. The molecular formula is C9H10BN3O. The van der Waals surface area contributed by atoms with Gasteiger partial charge in [-0.1, -0.05) is 30.3 Å². The molecule has 0 saturated heterocycles. The first kappa shape index (κ1) is 10.2. The van der Waals surface area contributed by atoms with Gasteiger partial charge in [-0.25, -0.2) is 0 Å². The quantitative estimate of drug-likeness (QED) is 0.269. The Morgan fingerprint density at radius 3 is 2.57 bits per heavy atom. The Morgan fingerprint density at radius 2 is 2.07 bits per heavy atom. The van der Waals surface area contributed by atoms with Crippen molar-refractivity contribution in [2.75, 3.05) is 0 Å². The zero-order valence-corrected chi connectivity index (χ0v) is 7.82. The lowest BCUT2D eigenvalue weighted by atomic mass is 9.98. The first-order chi connectivity index (χ1) is 6.74. The van der Waals surface area contributed by atoms with Crippen molar-refractivity contribution >= 4 is 19.6 Å². The second-order valence-electron chi connectivity index (χ2n) is 2.76. The molecule has 0 bridgehead atoms. The van der Waals surface area contributed by atoms with Gasteiger partial charge in [0.05, 0.1) is 0 Å². The van der Waals surface area contributed by atoms with Crippen molar-refractivity contribution in [3.63, 3.8) is 0 Å². The molecule has 0 spiro atoms. The molecule has 0 unspecified atom stereocenters. The van der Waals surface area contributed by atoms with Gasteiger partial charge in [0.2, 0.25) is 0 Å². The molecule has 2 N–H and O–H groups in total. The minimum atomic E-state index is -0.157. The average molecular weight is 187 g/mol. The molecule has 0 fully saturated rings. The molecule has 0 aliphatic carbocycles. The maximum absolute atomic E-state index is 11.1. The number of hydrogen-bond donors (Lipinski definition) is 2. The fourth-order valence-electron chi connectivity index (χ4n) is 1.00. The number of rotatable bonds is 4. The predicted molar refractivity (Wildman–Crippen MR) is 55.4 cm³/mol. The highest BCUT2D eigenvalue weighted by molar-refractivity contribution is 6.62. The molecule has 1 aromatic carbocycles. The van der Waals surface area contributed by atoms with Gasteiger partial charge in [-0.15, -0.1) is 0 Å². The van der Waals surface area contributed by atoms with Gasteiger partial charge in [0.25, 0.3) is 0 Å². The van der Waals surface area contributed by atoms with Crippen LogP contribution in [0.4, 0.5) is 0 Å². The van der Waals surface area contributed by atoms with Crippen LogP contribution in [0.1, 0.15) is 5.56 Å². The molecule has 0 aromatic heterocycles. The minimum absolute atomic E-state index is 0.157. The summed E-state index contributed by atoms with van der Waals surface area (Å²) in [5.74, 6) is 0. The molecule has 0 aliphatic heterocycles. The van der Waals surface area contributed by atoms with E-state index in [0.29, 0.717) is 5.70 Å². The van der Waals surface area contributed by atoms with Crippen LogP contribution in [0, 0.1) is 0 Å². The van der Waals surface area contributed by atoms with Crippen LogP contribution in [0.3, 0.4) is 0 Å². The van der Waals surface area contributed by atoms with E-state index < -0.39 is 0 Å². The minimum Gasteiger partial charge on any atom is -0.307 e. The summed E-state index contributed by atoms with van der Waals surface area (Å²) in [6.45, 7) is 0. The van der Waals surface area contributed by atoms with E-state index in [-0.39, 0.29) is 5.68 Å². The van der Waals surface area contributed by atoms with Gasteiger partial charge in [-0.05, 0) is 11.6 Å². The molecular weight excluding hydrogens is 177 g/mol. The van der Waals surface area contributed by atoms with Crippen molar-refractivity contribution in [1.29, 1.82) is 0 Å². The van der Waals surface area contributed by atoms with E-state index in [0.717, 1.165) is 5.56 Å². The number of benzene rings is 1. The Balaban J connectivity index is 2.93. The lowest BCUT2D eigenvalue weighted by molar-refractivity contribution is -0.538. The highest BCUT2D eigenvalue weighted by Gasteiger charge is 1.99. The van der Waals surface area contributed by atoms with Crippen LogP contribution in [-0.2, 0) is 4.79 Å². The van der Waals surface area contributed by atoms with Gasteiger partial charge >= 0.3 is 0 Å². The molecule has 0 aliphatic rings. The van der Waals surface area contributed by atoms with Crippen LogP contribution >= 0.6 is 0 Å². The van der Waals surface area contributed by atoms with Crippen LogP contribution < -0.4 is 10.6 Å². The summed E-state index contributed by atoms with van der Waals surface area (Å²) in [5.41, 5.74) is 11.8. The summed E-state index contributed by atoms with van der Waals surface area (Å²) in [5, 5.41) is 1.73. The van der Waals surface area contributed by atoms with Crippen LogP contribution in [0.25, 0.3) is 11.6 Å². The number of nitrogens with zero attached hydrogens (tertiary/aromatic N) is 1. The van der Waals surface area contributed by atoms with Crippen LogP contribution in [0.5, 0.6) is 0 Å². The topological polar surface area (TPSA) is 65.4 Å². The standard InChI is InChI=1S/C9H10BN3O/c10-9(14)8(12-13-11)6-7-4-2-1-3-5-7/h1-6,13H,10H2,(H-,11,12)/b8-6-. The van der Waals surface area contributed by atoms with Crippen molar-refractivity contribution in [2.24, 2.45) is 0 Å². The summed E-state index contributed by atoms with van der Waals surface area (Å²) in [4.78, 5) is 11.1. The maximum atomic E-state index is 11.1. The van der Waals surface area contributed by atoms with Gasteiger partial charge in [0, 0.05) is 5.70 Å². The predicted octanol–water partition coefficient (Wildman–Crippen LogP) is -1.21. The summed E-state index contributed by atoms with van der Waals surface area (Å²) >= 11 is 0. The molecule has 70 valence electrons. The smallest absolute Gasteiger partial charge is 0.193 e. The Labute approximate surface area is 82.9 Å². The molecule has 5 heteroatoms. The molecule has 0 amide bonds. The highest BCUT2D eigenvalue weighted by Crippen LogP contribution is 2.03. The molecule has 0 heterocycles. The molecule has 0 atom stereocenters. The van der Waals surface area contributed by atoms with E-state index in [2.05, 4.69) is 5.43 Å². The average Bonchev–Trinajstić information content (AvgIpc) is 2.18. The summed E-state index contributed by atoms with van der Waals surface area (Å²) in [6, 6.07) is 9.36. The third-order valence-corrected chi connectivity index (χ3v) is 1.68. The van der Waals surface area contributed by atoms with Crippen LogP contribution in [0.2, 0.25) is 0 Å². The Kier molecular flexibility index (Phi) is 3.61. The van der Waals surface area contributed by atoms with E-state index in [4.69, 9.17) is 5.53 Å². The number of carbonyl (C=O) groups excluding carboxylic acids is 1. The Hall–Kier alpha value is -1.91. The molecule has 0 saturated carbocycles. The lowest BCUT2D eigenvalue weighted by Crippen LogP contribution is -2.75. The molecule has 4 nitrogen and oxygen atoms in total. The molecule has 0 radical (unpaired) electrons. The van der Waals surface area contributed by atoms with Gasteiger partial charge in [-0.2, -0.15) is 10.8 Å². The van der Waals surface area contributed by atoms with E-state index in [1.165, 1.54) is 7.85 Å². The van der Waals surface area contributed by atoms with Crippen molar-refractivity contribution in [3.8, 4) is 0 Å². The maximum Gasteiger partial charge on any atom is 0.193 e. The number of carbonyl (C=O) groups is 1. The number of hydrogen-bond acceptors (Lipinski definition) is 1. The van der Waals surface area contributed by atoms with Crippen molar-refractivity contribution in [2.45, 2.75) is 0 Å². The number of allylic oxidation sites excluding steroid dienone is 1. The summed E-state index contributed by atoms with van der Waals surface area (Å²) < 4.78 is 0. The fourth-order valence-corrected chi connectivity index (χ4v) is 1.00. The van der Waals surface area contributed by atoms with E-state index in [1.54, 1.807) is 11.3 Å². The molecule has 1 aromatic rings. The van der Waals surface area contributed by atoms with E-state index in [9.17, 15) is 4.79 Å². The van der Waals surface area contributed by atoms with Gasteiger partial charge < -0.3 is 4.79 Å². The van der Waals surface area contributed by atoms with Gasteiger partial charge in [-0.3, -0.25) is 5.43 Å². The zero-order valence-electron chi connectivity index (χ0n) is 7.82. The second kappa shape index (κ2) is 4.96. The molecule has 1 rings (SSSR count). The first-order valence-corrected chi connectivity index (χ1v) is 4.17. The van der Waals surface area contributed by atoms with E-state index in [1.807, 2.05) is 30.3 Å². The van der Waals surface area contributed by atoms with Crippen LogP contribution in [0.15, 0.2) is 36.0 Å². The number of nitrogens with one attached hydrogen (secondary N) is 2. The normalized spacial score (nSPS) is 10.7. The summed E-state index contributed by atoms with van der Waals surface area (Å²) in [6.07, 6.45) is 1.64. The molecule has 14 heavy (non-hydrogen) atoms. The zero-order chi connectivity index (χ0) is 10.4. The van der Waals surface area contributed by atoms with Crippen molar-refractivity contribution < 1.29 is 10.0 Å². The number of hydrazine groups is 1. The highest BCUT2D eigenvalue weighted by atomic mass is 16.1. The third kappa shape index (κ3) is 2.86. The van der Waals surface area contributed by atoms with Gasteiger partial charge in [0.1, 0.15) is 5.68 Å². The lowest BCUT2D eigenvalue weighted by Gasteiger charge is -2.03. The summed E-state index contributed by atoms with van der Waals surface area (Å²) in [7, 11) is 1.42. The monoisotopic (exact) mass is 187 g/mol. The Morgan fingerprint density at radius 1 is 1.43 bits per heavy atom. The third-order valence-electron chi connectivity index (χ3n) is 1.68. The van der Waals surface area contributed by atoms with Crippen molar-refractivity contribution in [1.82, 2.24) is 5.43 Å². The van der Waals surface area contributed by atoms with Gasteiger partial charge in [0.15, 0.2) is 7.85 Å². The SMILES string of the molecule is BC(=O)/C(=C/c1ccccc1)N[NH+]=[N-]. The second-order valence-corrected chi connectivity index (χ2v) is 2.76. The largest absolute Gasteiger partial charge is 0.307 e.